The van der Waals surface area contributed by atoms with Crippen molar-refractivity contribution in [1.29, 1.82) is 0 Å². The quantitative estimate of drug-likeness (QED) is 0.885. The Hall–Kier alpha value is -1.66. The number of aromatic nitrogens is 2. The van der Waals surface area contributed by atoms with E-state index in [1.807, 2.05) is 25.1 Å². The molecule has 5 nitrogen and oxygen atoms in total. The molecule has 0 spiro atoms. The number of nitrogens with zero attached hydrogens (tertiary/aromatic N) is 2. The van der Waals surface area contributed by atoms with E-state index in [9.17, 15) is 0 Å². The van der Waals surface area contributed by atoms with Crippen LogP contribution in [0.25, 0.3) is 0 Å². The van der Waals surface area contributed by atoms with Crippen LogP contribution < -0.4 is 15.2 Å². The zero-order chi connectivity index (χ0) is 13.9. The Morgan fingerprint density at radius 3 is 2.90 bits per heavy atom. The number of rotatable bonds is 6. The van der Waals surface area contributed by atoms with Gasteiger partial charge in [0.15, 0.2) is 11.5 Å². The Morgan fingerprint density at radius 2 is 2.20 bits per heavy atom. The van der Waals surface area contributed by atoms with Crippen molar-refractivity contribution in [2.45, 2.75) is 32.2 Å². The van der Waals surface area contributed by atoms with Crippen LogP contribution in [-0.2, 0) is 6.54 Å². The van der Waals surface area contributed by atoms with Crippen molar-refractivity contribution >= 4 is 11.5 Å². The second kappa shape index (κ2) is 5.76. The van der Waals surface area contributed by atoms with Gasteiger partial charge >= 0.3 is 0 Å². The van der Waals surface area contributed by atoms with Crippen molar-refractivity contribution in [2.24, 2.45) is 5.73 Å². The molecule has 0 radical (unpaired) electrons. The Morgan fingerprint density at radius 1 is 1.35 bits per heavy atom. The van der Waals surface area contributed by atoms with Crippen LogP contribution in [0.5, 0.6) is 16.7 Å². The highest BCUT2D eigenvalue weighted by Crippen LogP contribution is 2.41. The summed E-state index contributed by atoms with van der Waals surface area (Å²) in [6, 6.07) is 5.70. The first kappa shape index (κ1) is 13.3. The van der Waals surface area contributed by atoms with Crippen LogP contribution in [-0.4, -0.2) is 16.0 Å². The highest BCUT2D eigenvalue weighted by Gasteiger charge is 2.28. The third kappa shape index (κ3) is 2.91. The molecule has 0 aliphatic heterocycles. The molecule has 2 N–H and O–H groups in total. The van der Waals surface area contributed by atoms with Gasteiger partial charge in [0.2, 0.25) is 0 Å². The molecule has 1 aliphatic carbocycles. The molecule has 1 aromatic heterocycles. The summed E-state index contributed by atoms with van der Waals surface area (Å²) in [6.45, 7) is 2.99. The van der Waals surface area contributed by atoms with Crippen molar-refractivity contribution in [3.05, 3.63) is 29.6 Å². The molecule has 106 valence electrons. The summed E-state index contributed by atoms with van der Waals surface area (Å²) >= 11 is 1.29. The average Bonchev–Trinajstić information content (AvgIpc) is 3.21. The van der Waals surface area contributed by atoms with Gasteiger partial charge in [0.1, 0.15) is 5.82 Å². The maximum absolute atomic E-state index is 5.80. The van der Waals surface area contributed by atoms with Gasteiger partial charge in [-0.15, -0.1) is 0 Å². The highest BCUT2D eigenvalue weighted by atomic mass is 32.1. The van der Waals surface area contributed by atoms with Gasteiger partial charge in [-0.1, -0.05) is 6.07 Å². The minimum atomic E-state index is 0.477. The molecule has 3 rings (SSSR count). The molecule has 0 saturated heterocycles. The molecular formula is C14H17N3O2S. The SMILES string of the molecule is CCOc1cc(CN)ccc1Oc1nc(C2CC2)ns1. The van der Waals surface area contributed by atoms with E-state index in [4.69, 9.17) is 15.2 Å². The van der Waals surface area contributed by atoms with Crippen molar-refractivity contribution < 1.29 is 9.47 Å². The summed E-state index contributed by atoms with van der Waals surface area (Å²) in [6.07, 6.45) is 2.37. The van der Waals surface area contributed by atoms with E-state index >= 15 is 0 Å². The van der Waals surface area contributed by atoms with Crippen LogP contribution >= 0.6 is 11.5 Å². The molecular weight excluding hydrogens is 274 g/mol. The first-order valence-corrected chi connectivity index (χ1v) is 7.54. The molecule has 20 heavy (non-hydrogen) atoms. The summed E-state index contributed by atoms with van der Waals surface area (Å²) in [7, 11) is 0. The van der Waals surface area contributed by atoms with Gasteiger partial charge < -0.3 is 15.2 Å². The lowest BCUT2D eigenvalue weighted by Crippen LogP contribution is -2.00. The Balaban J connectivity index is 1.80. The molecule has 2 aromatic rings. The molecule has 6 heteroatoms. The lowest BCUT2D eigenvalue weighted by Gasteiger charge is -2.10. The second-order valence-electron chi connectivity index (χ2n) is 4.71. The van der Waals surface area contributed by atoms with E-state index in [1.165, 1.54) is 24.4 Å². The van der Waals surface area contributed by atoms with Gasteiger partial charge in [0.25, 0.3) is 5.19 Å². The number of hydrogen-bond acceptors (Lipinski definition) is 6. The number of benzene rings is 1. The molecule has 1 aliphatic rings. The summed E-state index contributed by atoms with van der Waals surface area (Å²) in [5.41, 5.74) is 6.66. The van der Waals surface area contributed by atoms with Crippen LogP contribution in [0, 0.1) is 0 Å². The molecule has 0 atom stereocenters. The molecule has 1 saturated carbocycles. The fraction of sp³-hybridized carbons (Fsp3) is 0.429. The van der Waals surface area contributed by atoms with Crippen LogP contribution in [0.1, 0.15) is 37.1 Å². The maximum atomic E-state index is 5.80. The molecule has 1 aromatic carbocycles. The number of hydrogen-bond donors (Lipinski definition) is 1. The van der Waals surface area contributed by atoms with Crippen LogP contribution in [0.3, 0.4) is 0 Å². The zero-order valence-electron chi connectivity index (χ0n) is 11.3. The van der Waals surface area contributed by atoms with E-state index in [0.717, 1.165) is 11.4 Å². The van der Waals surface area contributed by atoms with Crippen LogP contribution in [0.2, 0.25) is 0 Å². The monoisotopic (exact) mass is 291 g/mol. The third-order valence-electron chi connectivity index (χ3n) is 3.11. The van der Waals surface area contributed by atoms with Crippen LogP contribution in [0.15, 0.2) is 18.2 Å². The zero-order valence-corrected chi connectivity index (χ0v) is 12.2. The van der Waals surface area contributed by atoms with Crippen molar-refractivity contribution in [1.82, 2.24) is 9.36 Å². The van der Waals surface area contributed by atoms with Gasteiger partial charge in [0, 0.05) is 24.0 Å². The topological polar surface area (TPSA) is 70.3 Å². The van der Waals surface area contributed by atoms with E-state index < -0.39 is 0 Å². The Kier molecular flexibility index (Phi) is 3.84. The lowest BCUT2D eigenvalue weighted by molar-refractivity contribution is 0.320. The van der Waals surface area contributed by atoms with Crippen molar-refractivity contribution in [3.63, 3.8) is 0 Å². The predicted octanol–water partition coefficient (Wildman–Crippen LogP) is 3.07. The number of nitrogens with two attached hydrogens (primary N) is 1. The lowest BCUT2D eigenvalue weighted by atomic mass is 10.2. The largest absolute Gasteiger partial charge is 0.490 e. The first-order chi connectivity index (χ1) is 9.80. The van der Waals surface area contributed by atoms with E-state index in [2.05, 4.69) is 9.36 Å². The van der Waals surface area contributed by atoms with E-state index in [-0.39, 0.29) is 0 Å². The summed E-state index contributed by atoms with van der Waals surface area (Å²) < 4.78 is 15.7. The minimum absolute atomic E-state index is 0.477. The Bertz CT molecular complexity index is 596. The van der Waals surface area contributed by atoms with Crippen molar-refractivity contribution in [3.8, 4) is 16.7 Å². The second-order valence-corrected chi connectivity index (χ2v) is 5.43. The fourth-order valence-electron chi connectivity index (χ4n) is 1.90. The predicted molar refractivity (Wildman–Crippen MR) is 77.5 cm³/mol. The molecule has 0 unspecified atom stereocenters. The summed E-state index contributed by atoms with van der Waals surface area (Å²) in [5.74, 6) is 2.79. The molecule has 1 fully saturated rings. The van der Waals surface area contributed by atoms with E-state index in [0.29, 0.717) is 35.8 Å². The van der Waals surface area contributed by atoms with Gasteiger partial charge in [-0.25, -0.2) is 0 Å². The highest BCUT2D eigenvalue weighted by molar-refractivity contribution is 7.07. The van der Waals surface area contributed by atoms with Crippen LogP contribution in [0.4, 0.5) is 0 Å². The van der Waals surface area contributed by atoms with Gasteiger partial charge in [-0.3, -0.25) is 0 Å². The normalized spacial score (nSPS) is 14.3. The smallest absolute Gasteiger partial charge is 0.298 e. The standard InChI is InChI=1S/C14H17N3O2S/c1-2-18-12-7-9(8-15)3-6-11(12)19-14-16-13(17-20-14)10-4-5-10/h3,6-7,10H,2,4-5,8,15H2,1H3. The number of ether oxygens (including phenoxy) is 2. The van der Waals surface area contributed by atoms with E-state index in [1.54, 1.807) is 0 Å². The maximum Gasteiger partial charge on any atom is 0.298 e. The van der Waals surface area contributed by atoms with Crippen molar-refractivity contribution in [2.75, 3.05) is 6.61 Å². The minimum Gasteiger partial charge on any atom is -0.490 e. The average molecular weight is 291 g/mol. The Labute approximate surface area is 121 Å². The molecule has 0 bridgehead atoms. The summed E-state index contributed by atoms with van der Waals surface area (Å²) in [5, 5.41) is 0.563. The van der Waals surface area contributed by atoms with Gasteiger partial charge in [0.05, 0.1) is 6.61 Å². The molecule has 1 heterocycles. The summed E-state index contributed by atoms with van der Waals surface area (Å²) in [4.78, 5) is 4.42. The fourth-order valence-corrected chi connectivity index (χ4v) is 2.52. The first-order valence-electron chi connectivity index (χ1n) is 6.77. The molecule has 0 amide bonds. The van der Waals surface area contributed by atoms with Gasteiger partial charge in [-0.2, -0.15) is 9.36 Å². The van der Waals surface area contributed by atoms with Gasteiger partial charge in [-0.05, 0) is 37.5 Å². The third-order valence-corrected chi connectivity index (χ3v) is 3.72.